The van der Waals surface area contributed by atoms with Crippen molar-refractivity contribution in [2.24, 2.45) is 0 Å². The zero-order valence-electron chi connectivity index (χ0n) is 10.3. The Labute approximate surface area is 121 Å². The Kier molecular flexibility index (Phi) is 6.80. The summed E-state index contributed by atoms with van der Waals surface area (Å²) in [5.41, 5.74) is 0. The van der Waals surface area contributed by atoms with E-state index < -0.39 is 0 Å². The van der Waals surface area contributed by atoms with Crippen LogP contribution in [0.1, 0.15) is 0 Å². The molecule has 1 aromatic rings. The van der Waals surface area contributed by atoms with Gasteiger partial charge in [0.25, 0.3) is 0 Å². The van der Waals surface area contributed by atoms with E-state index in [1.54, 1.807) is 11.0 Å². The largest absolute Gasteiger partial charge is 0.395 e. The summed E-state index contributed by atoms with van der Waals surface area (Å²) in [5.74, 6) is -0.00867. The molecule has 0 saturated heterocycles. The summed E-state index contributed by atoms with van der Waals surface area (Å²) in [7, 11) is 0. The first-order chi connectivity index (χ1) is 9.06. The third-order valence-corrected chi connectivity index (χ3v) is 2.73. The van der Waals surface area contributed by atoms with Crippen molar-refractivity contribution in [2.45, 2.75) is 0 Å². The van der Waals surface area contributed by atoms with Crippen molar-refractivity contribution in [3.05, 3.63) is 35.0 Å². The van der Waals surface area contributed by atoms with Crippen molar-refractivity contribution in [2.75, 3.05) is 31.6 Å². The maximum absolute atomic E-state index is 11.8. The van der Waals surface area contributed by atoms with Crippen LogP contribution in [-0.2, 0) is 4.79 Å². The molecule has 19 heavy (non-hydrogen) atoms. The van der Waals surface area contributed by atoms with Gasteiger partial charge in [-0.15, -0.1) is 6.58 Å². The van der Waals surface area contributed by atoms with Gasteiger partial charge in [-0.05, 0) is 6.07 Å². The molecule has 104 valence electrons. The van der Waals surface area contributed by atoms with Crippen LogP contribution in [-0.4, -0.2) is 47.1 Å². The molecule has 0 aliphatic heterocycles. The van der Waals surface area contributed by atoms with E-state index in [0.29, 0.717) is 18.1 Å². The Morgan fingerprint density at radius 3 is 2.89 bits per heavy atom. The van der Waals surface area contributed by atoms with E-state index in [1.807, 2.05) is 0 Å². The van der Waals surface area contributed by atoms with E-state index in [1.165, 1.54) is 12.3 Å². The Morgan fingerprint density at radius 2 is 2.32 bits per heavy atom. The number of aromatic nitrogens is 1. The molecule has 0 spiro atoms. The molecule has 1 rings (SSSR count). The van der Waals surface area contributed by atoms with Gasteiger partial charge in [0.1, 0.15) is 0 Å². The van der Waals surface area contributed by atoms with Crippen molar-refractivity contribution >= 4 is 34.9 Å². The number of rotatable bonds is 7. The predicted octanol–water partition coefficient (Wildman–Crippen LogP) is 1.81. The number of carbonyl (C=O) groups is 1. The number of hydrogen-bond acceptors (Lipinski definition) is 4. The van der Waals surface area contributed by atoms with Crippen LogP contribution in [0.15, 0.2) is 24.9 Å². The molecule has 0 saturated carbocycles. The number of hydrogen-bond donors (Lipinski definition) is 2. The number of nitrogens with zero attached hydrogens (tertiary/aromatic N) is 2. The lowest BCUT2D eigenvalue weighted by atomic mass is 10.4. The first-order valence-corrected chi connectivity index (χ1v) is 6.37. The number of halogens is 2. The smallest absolute Gasteiger partial charge is 0.239 e. The Morgan fingerprint density at radius 1 is 1.58 bits per heavy atom. The van der Waals surface area contributed by atoms with E-state index >= 15 is 0 Å². The van der Waals surface area contributed by atoms with Gasteiger partial charge in [0.15, 0.2) is 5.82 Å². The average molecular weight is 304 g/mol. The van der Waals surface area contributed by atoms with Crippen LogP contribution in [0.25, 0.3) is 0 Å². The molecule has 0 aliphatic carbocycles. The summed E-state index contributed by atoms with van der Waals surface area (Å²) in [6, 6.07) is 1.50. The van der Waals surface area contributed by atoms with Gasteiger partial charge in [-0.1, -0.05) is 29.3 Å². The lowest BCUT2D eigenvalue weighted by Crippen LogP contribution is -2.35. The maximum atomic E-state index is 11.8. The monoisotopic (exact) mass is 303 g/mol. The highest BCUT2D eigenvalue weighted by molar-refractivity contribution is 6.36. The molecule has 5 nitrogen and oxygen atoms in total. The summed E-state index contributed by atoms with van der Waals surface area (Å²) in [6.07, 6.45) is 3.06. The van der Waals surface area contributed by atoms with Crippen LogP contribution < -0.4 is 5.32 Å². The minimum atomic E-state index is -0.271. The van der Waals surface area contributed by atoms with Crippen molar-refractivity contribution in [1.82, 2.24) is 9.88 Å². The number of carbonyl (C=O) groups excluding carboxylic acids is 1. The fraction of sp³-hybridized carbons (Fsp3) is 0.333. The lowest BCUT2D eigenvalue weighted by molar-refractivity contribution is -0.117. The molecule has 0 atom stereocenters. The minimum absolute atomic E-state index is 0.0267. The van der Waals surface area contributed by atoms with E-state index in [9.17, 15) is 4.79 Å². The van der Waals surface area contributed by atoms with Gasteiger partial charge in [-0.25, -0.2) is 4.98 Å². The molecular formula is C12H15Cl2N3O2. The summed E-state index contributed by atoms with van der Waals surface area (Å²) in [4.78, 5) is 17.5. The van der Waals surface area contributed by atoms with Crippen LogP contribution in [0.2, 0.25) is 10.0 Å². The first kappa shape index (κ1) is 15.9. The van der Waals surface area contributed by atoms with E-state index in [-0.39, 0.29) is 29.9 Å². The van der Waals surface area contributed by atoms with Crippen molar-refractivity contribution in [3.63, 3.8) is 0 Å². The van der Waals surface area contributed by atoms with E-state index in [0.717, 1.165) is 0 Å². The molecule has 0 unspecified atom stereocenters. The number of amides is 1. The van der Waals surface area contributed by atoms with Gasteiger partial charge in [0.2, 0.25) is 5.91 Å². The van der Waals surface area contributed by atoms with Crippen molar-refractivity contribution in [3.8, 4) is 0 Å². The second-order valence-corrected chi connectivity index (χ2v) is 4.62. The fourth-order valence-corrected chi connectivity index (χ4v) is 1.87. The molecule has 7 heteroatoms. The summed E-state index contributed by atoms with van der Waals surface area (Å²) in [6.45, 7) is 4.59. The SMILES string of the molecule is C=CCN(CCO)CC(=O)Nc1ncc(Cl)cc1Cl. The maximum Gasteiger partial charge on any atom is 0.239 e. The van der Waals surface area contributed by atoms with E-state index in [2.05, 4.69) is 16.9 Å². The van der Waals surface area contributed by atoms with Crippen LogP contribution in [0, 0.1) is 0 Å². The van der Waals surface area contributed by atoms with Gasteiger partial charge in [0, 0.05) is 19.3 Å². The molecule has 1 amide bonds. The molecule has 1 heterocycles. The van der Waals surface area contributed by atoms with Gasteiger partial charge in [-0.3, -0.25) is 9.69 Å². The standard InChI is InChI=1S/C12H15Cl2N3O2/c1-2-3-17(4-5-18)8-11(19)16-12-10(14)6-9(13)7-15-12/h2,6-7,18H,1,3-5,8H2,(H,15,16,19). The molecule has 0 aromatic carbocycles. The van der Waals surface area contributed by atoms with Crippen molar-refractivity contribution in [1.29, 1.82) is 0 Å². The molecule has 2 N–H and O–H groups in total. The van der Waals surface area contributed by atoms with Gasteiger partial charge < -0.3 is 10.4 Å². The second kappa shape index (κ2) is 8.12. The number of aliphatic hydroxyl groups excluding tert-OH is 1. The lowest BCUT2D eigenvalue weighted by Gasteiger charge is -2.18. The number of aliphatic hydroxyl groups is 1. The number of nitrogens with one attached hydrogen (secondary N) is 1. The summed E-state index contributed by atoms with van der Waals surface area (Å²) >= 11 is 11.6. The fourth-order valence-electron chi connectivity index (χ4n) is 1.44. The number of anilines is 1. The molecular weight excluding hydrogens is 289 g/mol. The molecule has 0 fully saturated rings. The van der Waals surface area contributed by atoms with Gasteiger partial charge in [0.05, 0.1) is 23.2 Å². The third-order valence-electron chi connectivity index (χ3n) is 2.24. The van der Waals surface area contributed by atoms with Gasteiger partial charge in [-0.2, -0.15) is 0 Å². The highest BCUT2D eigenvalue weighted by Gasteiger charge is 2.11. The summed E-state index contributed by atoms with van der Waals surface area (Å²) in [5, 5.41) is 12.1. The zero-order chi connectivity index (χ0) is 14.3. The Balaban J connectivity index is 2.60. The first-order valence-electron chi connectivity index (χ1n) is 5.61. The Hall–Kier alpha value is -1.14. The molecule has 0 aliphatic rings. The zero-order valence-corrected chi connectivity index (χ0v) is 11.8. The van der Waals surface area contributed by atoms with Crippen LogP contribution in [0.4, 0.5) is 5.82 Å². The van der Waals surface area contributed by atoms with Crippen molar-refractivity contribution < 1.29 is 9.90 Å². The second-order valence-electron chi connectivity index (χ2n) is 3.78. The summed E-state index contributed by atoms with van der Waals surface area (Å²) < 4.78 is 0. The highest BCUT2D eigenvalue weighted by atomic mass is 35.5. The quantitative estimate of drug-likeness (QED) is 0.754. The average Bonchev–Trinajstić information content (AvgIpc) is 2.33. The molecule has 0 radical (unpaired) electrons. The van der Waals surface area contributed by atoms with E-state index in [4.69, 9.17) is 28.3 Å². The minimum Gasteiger partial charge on any atom is -0.395 e. The topological polar surface area (TPSA) is 65.5 Å². The Bertz CT molecular complexity index is 455. The molecule has 1 aromatic heterocycles. The van der Waals surface area contributed by atoms with Crippen LogP contribution in [0.5, 0.6) is 0 Å². The van der Waals surface area contributed by atoms with Crippen LogP contribution in [0.3, 0.4) is 0 Å². The highest BCUT2D eigenvalue weighted by Crippen LogP contribution is 2.22. The number of pyridine rings is 1. The third kappa shape index (κ3) is 5.57. The normalized spacial score (nSPS) is 10.5. The van der Waals surface area contributed by atoms with Crippen LogP contribution >= 0.6 is 23.2 Å². The van der Waals surface area contributed by atoms with Gasteiger partial charge >= 0.3 is 0 Å². The predicted molar refractivity (Wildman–Crippen MR) is 76.6 cm³/mol. The molecule has 0 bridgehead atoms.